The lowest BCUT2D eigenvalue weighted by molar-refractivity contribution is 0.568. The van der Waals surface area contributed by atoms with Gasteiger partial charge in [-0.3, -0.25) is 0 Å². The maximum atomic E-state index is 2.49. The van der Waals surface area contributed by atoms with Crippen molar-refractivity contribution in [2.45, 2.75) is 79.3 Å². The van der Waals surface area contributed by atoms with E-state index in [-0.39, 0.29) is 10.8 Å². The third kappa shape index (κ3) is 4.31. The topological polar surface area (TPSA) is 0 Å². The van der Waals surface area contributed by atoms with Crippen molar-refractivity contribution < 1.29 is 0 Å². The molecule has 1 heteroatoms. The van der Waals surface area contributed by atoms with Gasteiger partial charge in [-0.1, -0.05) is 116 Å². The van der Waals surface area contributed by atoms with Crippen LogP contribution in [0.4, 0.5) is 0 Å². The Kier molecular flexibility index (Phi) is 5.77. The molecule has 1 atom stereocenters. The predicted octanol–water partition coefficient (Wildman–Crippen LogP) is 8.04. The van der Waals surface area contributed by atoms with Gasteiger partial charge in [0.1, 0.15) is 0 Å². The van der Waals surface area contributed by atoms with E-state index in [1.807, 2.05) is 0 Å². The Morgan fingerprint density at radius 3 is 1.86 bits per heavy atom. The molecule has 0 fully saturated rings. The number of benzene rings is 1. The summed E-state index contributed by atoms with van der Waals surface area (Å²) in [5.74, 6) is 1.04. The zero-order chi connectivity index (χ0) is 21.7. The van der Waals surface area contributed by atoms with Gasteiger partial charge in [-0.05, 0) is 50.2 Å². The summed E-state index contributed by atoms with van der Waals surface area (Å²) in [4.78, 5) is 0. The van der Waals surface area contributed by atoms with Gasteiger partial charge in [0.05, 0.1) is 8.80 Å². The van der Waals surface area contributed by atoms with Gasteiger partial charge in [0, 0.05) is 5.92 Å². The molecule has 2 aliphatic rings. The summed E-state index contributed by atoms with van der Waals surface area (Å²) in [6, 6.07) is 7.35. The zero-order valence-corrected chi connectivity index (χ0v) is 21.2. The minimum absolute atomic E-state index is 0.141. The van der Waals surface area contributed by atoms with Crippen molar-refractivity contribution in [1.29, 1.82) is 0 Å². The second-order valence-corrected chi connectivity index (χ2v) is 13.9. The molecule has 0 heterocycles. The fourth-order valence-corrected chi connectivity index (χ4v) is 6.33. The van der Waals surface area contributed by atoms with Crippen LogP contribution in [0.5, 0.6) is 0 Å². The van der Waals surface area contributed by atoms with Crippen molar-refractivity contribution in [1.82, 2.24) is 0 Å². The van der Waals surface area contributed by atoms with Gasteiger partial charge in [0.15, 0.2) is 0 Å². The van der Waals surface area contributed by atoms with Gasteiger partial charge in [0.25, 0.3) is 0 Å². The first kappa shape index (κ1) is 22.1. The fourth-order valence-electron chi connectivity index (χ4n) is 4.49. The second-order valence-electron chi connectivity index (χ2n) is 11.4. The van der Waals surface area contributed by atoms with E-state index in [0.717, 1.165) is 0 Å². The van der Waals surface area contributed by atoms with Crippen LogP contribution >= 0.6 is 0 Å². The Bertz CT molecular complexity index is 886. The van der Waals surface area contributed by atoms with Gasteiger partial charge in [-0.25, -0.2) is 0 Å². The third-order valence-corrected chi connectivity index (χ3v) is 7.94. The molecule has 3 rings (SSSR count). The van der Waals surface area contributed by atoms with Crippen LogP contribution in [0.1, 0.15) is 72.1 Å². The zero-order valence-electron chi connectivity index (χ0n) is 20.2. The first-order valence-electron chi connectivity index (χ1n) is 11.1. The molecule has 1 unspecified atom stereocenters. The molecule has 0 spiro atoms. The van der Waals surface area contributed by atoms with Crippen molar-refractivity contribution >= 4 is 14.4 Å². The van der Waals surface area contributed by atoms with E-state index in [1.54, 1.807) is 10.8 Å². The third-order valence-electron chi connectivity index (χ3n) is 6.29. The Labute approximate surface area is 181 Å². The van der Waals surface area contributed by atoms with Gasteiger partial charge >= 0.3 is 0 Å². The van der Waals surface area contributed by atoms with Crippen LogP contribution in [-0.4, -0.2) is 8.80 Å². The molecular weight excluding hydrogens is 364 g/mol. The SMILES string of the molecule is CC(C)C1=C([Si](C)C)C2C(=C1)C=CC=C2c1cc(C(C)(C)C)cc(C(C)(C)C)c1. The fraction of sp³-hybridized carbons (Fsp3) is 0.500. The van der Waals surface area contributed by atoms with E-state index >= 15 is 0 Å². The summed E-state index contributed by atoms with van der Waals surface area (Å²) < 4.78 is 0. The molecule has 1 aromatic carbocycles. The smallest absolute Gasteiger partial charge is 0.0681 e. The molecule has 1 radical (unpaired) electrons. The summed E-state index contributed by atoms with van der Waals surface area (Å²) in [6.45, 7) is 23.6. The minimum atomic E-state index is -0.537. The summed E-state index contributed by atoms with van der Waals surface area (Å²) in [7, 11) is -0.537. The molecule has 0 saturated carbocycles. The molecular formula is C28H39Si. The number of fused-ring (bicyclic) bond motifs is 1. The molecule has 0 aromatic heterocycles. The minimum Gasteiger partial charge on any atom is -0.0681 e. The Morgan fingerprint density at radius 1 is 0.862 bits per heavy atom. The highest BCUT2D eigenvalue weighted by molar-refractivity contribution is 6.65. The largest absolute Gasteiger partial charge is 0.0753 e. The lowest BCUT2D eigenvalue weighted by Crippen LogP contribution is -2.21. The molecule has 29 heavy (non-hydrogen) atoms. The average Bonchev–Trinajstić information content (AvgIpc) is 3.00. The van der Waals surface area contributed by atoms with E-state index < -0.39 is 8.80 Å². The quantitative estimate of drug-likeness (QED) is 0.448. The average molecular weight is 404 g/mol. The highest BCUT2D eigenvalue weighted by atomic mass is 28.3. The molecule has 1 aromatic rings. The molecule has 0 nitrogen and oxygen atoms in total. The maximum absolute atomic E-state index is 2.49. The van der Waals surface area contributed by atoms with Gasteiger partial charge < -0.3 is 0 Å². The Balaban J connectivity index is 2.22. The first-order chi connectivity index (χ1) is 13.3. The van der Waals surface area contributed by atoms with E-state index in [4.69, 9.17) is 0 Å². The van der Waals surface area contributed by atoms with E-state index in [9.17, 15) is 0 Å². The van der Waals surface area contributed by atoms with Crippen LogP contribution in [0.2, 0.25) is 13.1 Å². The number of hydrogen-bond donors (Lipinski definition) is 0. The van der Waals surface area contributed by atoms with Crippen molar-refractivity contribution in [2.75, 3.05) is 0 Å². The molecule has 0 saturated heterocycles. The molecule has 2 aliphatic carbocycles. The Morgan fingerprint density at radius 2 is 1.41 bits per heavy atom. The summed E-state index contributed by atoms with van der Waals surface area (Å²) in [5, 5.41) is 1.72. The summed E-state index contributed by atoms with van der Waals surface area (Å²) >= 11 is 0. The predicted molar refractivity (Wildman–Crippen MR) is 132 cm³/mol. The number of rotatable bonds is 3. The van der Waals surface area contributed by atoms with Crippen molar-refractivity contribution in [2.24, 2.45) is 11.8 Å². The van der Waals surface area contributed by atoms with Crippen molar-refractivity contribution in [3.8, 4) is 0 Å². The maximum Gasteiger partial charge on any atom is 0.0753 e. The molecule has 155 valence electrons. The van der Waals surface area contributed by atoms with Crippen LogP contribution in [0.15, 0.2) is 58.8 Å². The van der Waals surface area contributed by atoms with E-state index in [0.29, 0.717) is 11.8 Å². The standard InChI is InChI=1S/C28H39Si/c1-18(2)24-16-19-12-11-13-23(25(19)26(24)29(9)10)20-14-21(27(3,4)5)17-22(15-20)28(6,7)8/h11-18,25H,1-10H3. The highest BCUT2D eigenvalue weighted by Crippen LogP contribution is 2.47. The van der Waals surface area contributed by atoms with E-state index in [2.05, 4.69) is 111 Å². The van der Waals surface area contributed by atoms with Crippen LogP contribution in [0, 0.1) is 11.8 Å². The van der Waals surface area contributed by atoms with Crippen molar-refractivity contribution in [3.05, 3.63) is 75.5 Å². The van der Waals surface area contributed by atoms with Gasteiger partial charge in [0.2, 0.25) is 0 Å². The molecule has 0 amide bonds. The monoisotopic (exact) mass is 403 g/mol. The Hall–Kier alpha value is -1.60. The number of allylic oxidation sites excluding steroid dienone is 8. The van der Waals surface area contributed by atoms with E-state index in [1.165, 1.54) is 27.8 Å². The molecule has 0 aliphatic heterocycles. The second kappa shape index (κ2) is 7.58. The van der Waals surface area contributed by atoms with Crippen LogP contribution in [-0.2, 0) is 10.8 Å². The summed E-state index contributed by atoms with van der Waals surface area (Å²) in [5.41, 5.74) is 9.14. The normalized spacial score (nSPS) is 19.8. The molecule has 0 N–H and O–H groups in total. The van der Waals surface area contributed by atoms with Gasteiger partial charge in [-0.2, -0.15) is 0 Å². The number of hydrogen-bond acceptors (Lipinski definition) is 0. The lowest BCUT2D eigenvalue weighted by atomic mass is 9.76. The van der Waals surface area contributed by atoms with Crippen LogP contribution in [0.25, 0.3) is 5.57 Å². The first-order valence-corrected chi connectivity index (χ1v) is 13.6. The highest BCUT2D eigenvalue weighted by Gasteiger charge is 2.34. The van der Waals surface area contributed by atoms with Crippen molar-refractivity contribution in [3.63, 3.8) is 0 Å². The van der Waals surface area contributed by atoms with Gasteiger partial charge in [-0.15, -0.1) is 0 Å². The lowest BCUT2D eigenvalue weighted by Gasteiger charge is -2.30. The summed E-state index contributed by atoms with van der Waals surface area (Å²) in [6.07, 6.45) is 9.47. The van der Waals surface area contributed by atoms with Crippen LogP contribution in [0.3, 0.4) is 0 Å². The van der Waals surface area contributed by atoms with Crippen LogP contribution < -0.4 is 0 Å². The molecule has 0 bridgehead atoms.